The van der Waals surface area contributed by atoms with Gasteiger partial charge in [-0.3, -0.25) is 0 Å². The number of anilines is 1. The van der Waals surface area contributed by atoms with Gasteiger partial charge in [0.1, 0.15) is 0 Å². The molecule has 1 aromatic heterocycles. The highest BCUT2D eigenvalue weighted by molar-refractivity contribution is 7.09. The number of aliphatic hydroxyl groups is 2. The van der Waals surface area contributed by atoms with E-state index >= 15 is 0 Å². The zero-order valence-corrected chi connectivity index (χ0v) is 12.8. The first-order valence-electron chi connectivity index (χ1n) is 7.17. The van der Waals surface area contributed by atoms with Crippen molar-refractivity contribution in [2.24, 2.45) is 0 Å². The van der Waals surface area contributed by atoms with Gasteiger partial charge < -0.3 is 15.9 Å². The molecule has 0 aliphatic heterocycles. The van der Waals surface area contributed by atoms with Gasteiger partial charge in [0, 0.05) is 29.1 Å². The van der Waals surface area contributed by atoms with Crippen molar-refractivity contribution in [3.8, 4) is 0 Å². The summed E-state index contributed by atoms with van der Waals surface area (Å²) >= 11 is 1.53. The quantitative estimate of drug-likeness (QED) is 0.744. The highest BCUT2D eigenvalue weighted by Crippen LogP contribution is 2.42. The number of nitrogens with two attached hydrogens (primary N) is 1. The molecule has 1 heterocycles. The van der Waals surface area contributed by atoms with E-state index in [2.05, 4.69) is 4.98 Å². The molecule has 1 saturated carbocycles. The minimum Gasteiger partial charge on any atom is -0.399 e. The number of aromatic nitrogens is 1. The minimum absolute atomic E-state index is 0.107. The Kier molecular flexibility index (Phi) is 3.97. The van der Waals surface area contributed by atoms with Crippen molar-refractivity contribution in [1.82, 2.24) is 4.98 Å². The summed E-state index contributed by atoms with van der Waals surface area (Å²) in [7, 11) is 0. The lowest BCUT2D eigenvalue weighted by Gasteiger charge is -2.37. The van der Waals surface area contributed by atoms with Crippen LogP contribution in [0.3, 0.4) is 0 Å². The van der Waals surface area contributed by atoms with Crippen molar-refractivity contribution < 1.29 is 10.2 Å². The van der Waals surface area contributed by atoms with Gasteiger partial charge in [-0.1, -0.05) is 6.07 Å². The molecule has 1 aliphatic carbocycles. The molecule has 0 amide bonds. The van der Waals surface area contributed by atoms with Gasteiger partial charge in [-0.2, -0.15) is 0 Å². The molecule has 4 atom stereocenters. The van der Waals surface area contributed by atoms with Gasteiger partial charge in [0.05, 0.1) is 17.2 Å². The Bertz CT molecular complexity index is 594. The van der Waals surface area contributed by atoms with Gasteiger partial charge in [0.2, 0.25) is 0 Å². The van der Waals surface area contributed by atoms with Gasteiger partial charge >= 0.3 is 0 Å². The third-order valence-electron chi connectivity index (χ3n) is 4.20. The van der Waals surface area contributed by atoms with Gasteiger partial charge in [-0.05, 0) is 43.0 Å². The Morgan fingerprint density at radius 1 is 1.19 bits per heavy atom. The number of aryl methyl sites for hydroxylation is 1. The molecule has 0 saturated heterocycles. The molecule has 1 aromatic carbocycles. The van der Waals surface area contributed by atoms with Crippen LogP contribution in [-0.2, 0) is 0 Å². The van der Waals surface area contributed by atoms with Crippen LogP contribution in [0.5, 0.6) is 0 Å². The van der Waals surface area contributed by atoms with Crippen LogP contribution in [-0.4, -0.2) is 27.4 Å². The molecule has 3 rings (SSSR count). The standard InChI is InChI=1S/C16H20N2O2S/c1-9-4-10(6-11(17)5-9)13-7-12(19)8-14(15(13)20)16-18-2-3-21-16/h2-6,12-15,19-20H,7-8,17H2,1H3. The monoisotopic (exact) mass is 304 g/mol. The van der Waals surface area contributed by atoms with Crippen LogP contribution < -0.4 is 5.73 Å². The lowest BCUT2D eigenvalue weighted by molar-refractivity contribution is 0.0173. The third kappa shape index (κ3) is 2.95. The fraction of sp³-hybridized carbons (Fsp3) is 0.438. The Morgan fingerprint density at radius 2 is 1.95 bits per heavy atom. The van der Waals surface area contributed by atoms with Crippen LogP contribution in [0.25, 0.3) is 0 Å². The SMILES string of the molecule is Cc1cc(N)cc(C2CC(O)CC(c3nccs3)C2O)c1. The zero-order valence-electron chi connectivity index (χ0n) is 11.9. The molecule has 0 radical (unpaired) electrons. The number of aliphatic hydroxyl groups excluding tert-OH is 2. The summed E-state index contributed by atoms with van der Waals surface area (Å²) < 4.78 is 0. The second-order valence-electron chi connectivity index (χ2n) is 5.88. The maximum Gasteiger partial charge on any atom is 0.0982 e. The predicted octanol–water partition coefficient (Wildman–Crippen LogP) is 2.42. The van der Waals surface area contributed by atoms with Crippen LogP contribution in [0.4, 0.5) is 5.69 Å². The normalized spacial score (nSPS) is 29.5. The van der Waals surface area contributed by atoms with Crippen LogP contribution in [0.2, 0.25) is 0 Å². The fourth-order valence-corrected chi connectivity index (χ4v) is 4.09. The Balaban J connectivity index is 1.94. The first kappa shape index (κ1) is 14.5. The molecular weight excluding hydrogens is 284 g/mol. The molecule has 21 heavy (non-hydrogen) atoms. The van der Waals surface area contributed by atoms with Crippen molar-refractivity contribution in [2.75, 3.05) is 5.73 Å². The molecule has 0 bridgehead atoms. The van der Waals surface area contributed by atoms with E-state index in [4.69, 9.17) is 5.73 Å². The largest absolute Gasteiger partial charge is 0.399 e. The topological polar surface area (TPSA) is 79.4 Å². The van der Waals surface area contributed by atoms with Gasteiger partial charge in [0.15, 0.2) is 0 Å². The number of hydrogen-bond donors (Lipinski definition) is 3. The Hall–Kier alpha value is -1.43. The third-order valence-corrected chi connectivity index (χ3v) is 5.10. The number of rotatable bonds is 2. The number of thiazole rings is 1. The Labute approximate surface area is 128 Å². The average molecular weight is 304 g/mol. The summed E-state index contributed by atoms with van der Waals surface area (Å²) in [6, 6.07) is 5.85. The summed E-state index contributed by atoms with van der Waals surface area (Å²) in [6.45, 7) is 1.99. The second-order valence-corrected chi connectivity index (χ2v) is 6.80. The highest BCUT2D eigenvalue weighted by atomic mass is 32.1. The van der Waals surface area contributed by atoms with Gasteiger partial charge in [-0.15, -0.1) is 11.3 Å². The van der Waals surface area contributed by atoms with Crippen molar-refractivity contribution >= 4 is 17.0 Å². The first-order chi connectivity index (χ1) is 10.0. The molecule has 1 aliphatic rings. The van der Waals surface area contributed by atoms with E-state index in [-0.39, 0.29) is 11.8 Å². The number of benzene rings is 1. The van der Waals surface area contributed by atoms with Crippen LogP contribution in [0.15, 0.2) is 29.8 Å². The number of nitrogen functional groups attached to an aromatic ring is 1. The molecular formula is C16H20N2O2S. The Morgan fingerprint density at radius 3 is 2.62 bits per heavy atom. The van der Waals surface area contributed by atoms with Crippen LogP contribution in [0, 0.1) is 6.92 Å². The highest BCUT2D eigenvalue weighted by Gasteiger charge is 2.39. The summed E-state index contributed by atoms with van der Waals surface area (Å²) in [4.78, 5) is 4.31. The van der Waals surface area contributed by atoms with Crippen molar-refractivity contribution in [3.05, 3.63) is 45.9 Å². The number of nitrogens with zero attached hydrogens (tertiary/aromatic N) is 1. The van der Waals surface area contributed by atoms with Crippen molar-refractivity contribution in [1.29, 1.82) is 0 Å². The molecule has 4 unspecified atom stereocenters. The molecule has 112 valence electrons. The van der Waals surface area contributed by atoms with E-state index in [0.29, 0.717) is 18.5 Å². The van der Waals surface area contributed by atoms with Gasteiger partial charge in [0.25, 0.3) is 0 Å². The van der Waals surface area contributed by atoms with E-state index in [0.717, 1.165) is 16.1 Å². The lowest BCUT2D eigenvalue weighted by Crippen LogP contribution is -2.36. The summed E-state index contributed by atoms with van der Waals surface area (Å²) in [5.74, 6) is -0.217. The van der Waals surface area contributed by atoms with E-state index in [1.807, 2.05) is 30.5 Å². The molecule has 5 heteroatoms. The van der Waals surface area contributed by atoms with Crippen LogP contribution >= 0.6 is 11.3 Å². The van der Waals surface area contributed by atoms with Crippen LogP contribution in [0.1, 0.15) is 40.8 Å². The molecule has 0 spiro atoms. The molecule has 4 N–H and O–H groups in total. The molecule has 1 fully saturated rings. The van der Waals surface area contributed by atoms with E-state index in [1.54, 1.807) is 6.20 Å². The van der Waals surface area contributed by atoms with Crippen molar-refractivity contribution in [2.45, 2.75) is 43.8 Å². The molecule has 2 aromatic rings. The fourth-order valence-electron chi connectivity index (χ4n) is 3.30. The lowest BCUT2D eigenvalue weighted by atomic mass is 9.74. The van der Waals surface area contributed by atoms with E-state index in [1.165, 1.54) is 11.3 Å². The van der Waals surface area contributed by atoms with E-state index < -0.39 is 12.2 Å². The average Bonchev–Trinajstić information content (AvgIpc) is 2.93. The summed E-state index contributed by atoms with van der Waals surface area (Å²) in [5, 5.41) is 23.8. The smallest absolute Gasteiger partial charge is 0.0982 e. The predicted molar refractivity (Wildman–Crippen MR) is 84.4 cm³/mol. The van der Waals surface area contributed by atoms with Gasteiger partial charge in [-0.25, -0.2) is 4.98 Å². The summed E-state index contributed by atoms with van der Waals surface area (Å²) in [6.07, 6.45) is 1.90. The van der Waals surface area contributed by atoms with E-state index in [9.17, 15) is 10.2 Å². The minimum atomic E-state index is -0.541. The summed E-state index contributed by atoms with van der Waals surface area (Å²) in [5.41, 5.74) is 8.69. The first-order valence-corrected chi connectivity index (χ1v) is 8.05. The maximum atomic E-state index is 10.8. The molecule has 4 nitrogen and oxygen atoms in total. The van der Waals surface area contributed by atoms with Crippen molar-refractivity contribution in [3.63, 3.8) is 0 Å². The second kappa shape index (κ2) is 5.75. The number of hydrogen-bond acceptors (Lipinski definition) is 5. The zero-order chi connectivity index (χ0) is 15.0. The maximum absolute atomic E-state index is 10.8.